The van der Waals surface area contributed by atoms with E-state index in [-0.39, 0.29) is 17.5 Å². The van der Waals surface area contributed by atoms with Gasteiger partial charge in [-0.15, -0.1) is 0 Å². The SMILES string of the molecule is COc1cccc(C(CNC(=O)c2ccc[nH]c2=O)N(C)C)c1. The highest BCUT2D eigenvalue weighted by atomic mass is 16.5. The molecule has 0 aliphatic carbocycles. The van der Waals surface area contributed by atoms with Crippen LogP contribution in [0, 0.1) is 0 Å². The van der Waals surface area contributed by atoms with Gasteiger partial charge in [0.1, 0.15) is 11.3 Å². The number of nitrogens with one attached hydrogen (secondary N) is 2. The molecule has 6 heteroatoms. The summed E-state index contributed by atoms with van der Waals surface area (Å²) >= 11 is 0. The van der Waals surface area contributed by atoms with E-state index in [2.05, 4.69) is 10.3 Å². The number of hydrogen-bond donors (Lipinski definition) is 2. The second-order valence-electron chi connectivity index (χ2n) is 5.38. The Morgan fingerprint density at radius 1 is 1.30 bits per heavy atom. The van der Waals surface area contributed by atoms with Crippen molar-refractivity contribution in [3.63, 3.8) is 0 Å². The summed E-state index contributed by atoms with van der Waals surface area (Å²) in [6.45, 7) is 0.382. The number of carbonyl (C=O) groups excluding carboxylic acids is 1. The Balaban J connectivity index is 2.13. The van der Waals surface area contributed by atoms with Crippen molar-refractivity contribution in [1.29, 1.82) is 0 Å². The van der Waals surface area contributed by atoms with E-state index in [1.165, 1.54) is 12.3 Å². The Morgan fingerprint density at radius 2 is 2.09 bits per heavy atom. The van der Waals surface area contributed by atoms with Crippen molar-refractivity contribution in [3.8, 4) is 5.75 Å². The van der Waals surface area contributed by atoms with Crippen LogP contribution in [0.1, 0.15) is 22.0 Å². The van der Waals surface area contributed by atoms with Crippen LogP contribution < -0.4 is 15.6 Å². The van der Waals surface area contributed by atoms with Crippen LogP contribution in [0.5, 0.6) is 5.75 Å². The number of benzene rings is 1. The van der Waals surface area contributed by atoms with Crippen LogP contribution in [0.15, 0.2) is 47.4 Å². The van der Waals surface area contributed by atoms with Gasteiger partial charge in [-0.25, -0.2) is 0 Å². The minimum Gasteiger partial charge on any atom is -0.497 e. The van der Waals surface area contributed by atoms with Crippen LogP contribution in [-0.2, 0) is 0 Å². The van der Waals surface area contributed by atoms with E-state index in [0.29, 0.717) is 6.54 Å². The molecule has 23 heavy (non-hydrogen) atoms. The molecule has 0 radical (unpaired) electrons. The highest BCUT2D eigenvalue weighted by Gasteiger charge is 2.17. The van der Waals surface area contributed by atoms with Crippen LogP contribution in [0.3, 0.4) is 0 Å². The first-order valence-electron chi connectivity index (χ1n) is 7.29. The van der Waals surface area contributed by atoms with Gasteiger partial charge >= 0.3 is 0 Å². The van der Waals surface area contributed by atoms with Crippen molar-refractivity contribution < 1.29 is 9.53 Å². The minimum atomic E-state index is -0.396. The van der Waals surface area contributed by atoms with Gasteiger partial charge in [0, 0.05) is 12.7 Å². The lowest BCUT2D eigenvalue weighted by Crippen LogP contribution is -2.36. The second kappa shape index (κ2) is 7.60. The molecule has 2 aromatic rings. The normalized spacial score (nSPS) is 12.0. The second-order valence-corrected chi connectivity index (χ2v) is 5.38. The quantitative estimate of drug-likeness (QED) is 0.845. The fraction of sp³-hybridized carbons (Fsp3) is 0.294. The smallest absolute Gasteiger partial charge is 0.260 e. The highest BCUT2D eigenvalue weighted by Crippen LogP contribution is 2.22. The van der Waals surface area contributed by atoms with Crippen molar-refractivity contribution >= 4 is 5.91 Å². The van der Waals surface area contributed by atoms with E-state index < -0.39 is 5.56 Å². The summed E-state index contributed by atoms with van der Waals surface area (Å²) in [7, 11) is 5.49. The van der Waals surface area contributed by atoms with Gasteiger partial charge in [-0.1, -0.05) is 12.1 Å². The number of methoxy groups -OCH3 is 1. The average Bonchev–Trinajstić information content (AvgIpc) is 2.55. The molecule has 1 atom stereocenters. The Morgan fingerprint density at radius 3 is 2.74 bits per heavy atom. The van der Waals surface area contributed by atoms with Gasteiger partial charge in [0.15, 0.2) is 0 Å². The van der Waals surface area contributed by atoms with E-state index >= 15 is 0 Å². The molecule has 6 nitrogen and oxygen atoms in total. The zero-order chi connectivity index (χ0) is 16.8. The van der Waals surface area contributed by atoms with Crippen molar-refractivity contribution in [2.75, 3.05) is 27.7 Å². The summed E-state index contributed by atoms with van der Waals surface area (Å²) in [4.78, 5) is 28.3. The summed E-state index contributed by atoms with van der Waals surface area (Å²) in [5, 5.41) is 2.82. The highest BCUT2D eigenvalue weighted by molar-refractivity contribution is 5.93. The molecule has 0 aliphatic heterocycles. The molecule has 0 spiro atoms. The molecule has 0 fully saturated rings. The largest absolute Gasteiger partial charge is 0.497 e. The first-order valence-corrected chi connectivity index (χ1v) is 7.29. The van der Waals surface area contributed by atoms with Crippen LogP contribution in [0.25, 0.3) is 0 Å². The number of aromatic nitrogens is 1. The number of pyridine rings is 1. The number of likely N-dealkylation sites (N-methyl/N-ethyl adjacent to an activating group) is 1. The van der Waals surface area contributed by atoms with Crippen LogP contribution in [-0.4, -0.2) is 43.5 Å². The number of aromatic amines is 1. The number of carbonyl (C=O) groups is 1. The van der Waals surface area contributed by atoms with Gasteiger partial charge in [0.2, 0.25) is 0 Å². The fourth-order valence-corrected chi connectivity index (χ4v) is 2.33. The van der Waals surface area contributed by atoms with Crippen molar-refractivity contribution in [3.05, 3.63) is 64.1 Å². The molecule has 1 aromatic heterocycles. The molecule has 1 aromatic carbocycles. The van der Waals surface area contributed by atoms with Gasteiger partial charge in [-0.3, -0.25) is 9.59 Å². The summed E-state index contributed by atoms with van der Waals surface area (Å²) in [5.74, 6) is 0.377. The lowest BCUT2D eigenvalue weighted by atomic mass is 10.1. The fourth-order valence-electron chi connectivity index (χ4n) is 2.33. The maximum Gasteiger partial charge on any atom is 0.260 e. The lowest BCUT2D eigenvalue weighted by Gasteiger charge is -2.25. The molecule has 1 heterocycles. The molecule has 0 aliphatic rings. The average molecular weight is 315 g/mol. The third kappa shape index (κ3) is 4.20. The Hall–Kier alpha value is -2.60. The molecular weight excluding hydrogens is 294 g/mol. The Kier molecular flexibility index (Phi) is 5.54. The zero-order valence-corrected chi connectivity index (χ0v) is 13.5. The summed E-state index contributed by atoms with van der Waals surface area (Å²) in [6.07, 6.45) is 1.50. The summed E-state index contributed by atoms with van der Waals surface area (Å²) in [5.41, 5.74) is 0.736. The Bertz CT molecular complexity index is 725. The molecule has 0 bridgehead atoms. The van der Waals surface area contributed by atoms with Crippen LogP contribution >= 0.6 is 0 Å². The van der Waals surface area contributed by atoms with Gasteiger partial charge in [-0.05, 0) is 43.9 Å². The number of hydrogen-bond acceptors (Lipinski definition) is 4. The first-order chi connectivity index (χ1) is 11.0. The standard InChI is InChI=1S/C17H21N3O3/c1-20(2)15(12-6-4-7-13(10-12)23-3)11-19-17(22)14-8-5-9-18-16(14)21/h4-10,15H,11H2,1-3H3,(H,18,21)(H,19,22). The third-order valence-electron chi connectivity index (χ3n) is 3.62. The number of ether oxygens (including phenoxy) is 1. The topological polar surface area (TPSA) is 74.4 Å². The predicted molar refractivity (Wildman–Crippen MR) is 88.8 cm³/mol. The third-order valence-corrected chi connectivity index (χ3v) is 3.62. The van der Waals surface area contributed by atoms with Gasteiger partial charge in [0.25, 0.3) is 11.5 Å². The number of rotatable bonds is 6. The van der Waals surface area contributed by atoms with Gasteiger partial charge in [0.05, 0.1) is 13.2 Å². The van der Waals surface area contributed by atoms with E-state index in [1.807, 2.05) is 43.3 Å². The minimum absolute atomic E-state index is 0.0307. The van der Waals surface area contributed by atoms with E-state index in [4.69, 9.17) is 4.74 Å². The number of nitrogens with zero attached hydrogens (tertiary/aromatic N) is 1. The van der Waals surface area contributed by atoms with Crippen molar-refractivity contribution in [2.24, 2.45) is 0 Å². The summed E-state index contributed by atoms with van der Waals surface area (Å²) in [6, 6.07) is 10.8. The Labute approximate surface area is 135 Å². The van der Waals surface area contributed by atoms with Crippen molar-refractivity contribution in [2.45, 2.75) is 6.04 Å². The molecule has 0 saturated heterocycles. The first kappa shape index (κ1) is 16.8. The molecule has 1 unspecified atom stereocenters. The van der Waals surface area contributed by atoms with E-state index in [0.717, 1.165) is 11.3 Å². The summed E-state index contributed by atoms with van der Waals surface area (Å²) < 4.78 is 5.24. The monoisotopic (exact) mass is 315 g/mol. The lowest BCUT2D eigenvalue weighted by molar-refractivity contribution is 0.0940. The molecular formula is C17H21N3O3. The van der Waals surface area contributed by atoms with Crippen LogP contribution in [0.2, 0.25) is 0 Å². The molecule has 1 amide bonds. The van der Waals surface area contributed by atoms with Crippen LogP contribution in [0.4, 0.5) is 0 Å². The maximum atomic E-state index is 12.2. The predicted octanol–water partition coefficient (Wildman–Crippen LogP) is 1.42. The molecule has 2 rings (SSSR count). The van der Waals surface area contributed by atoms with Gasteiger partial charge < -0.3 is 19.9 Å². The van der Waals surface area contributed by atoms with E-state index in [9.17, 15) is 9.59 Å². The molecule has 2 N–H and O–H groups in total. The maximum absolute atomic E-state index is 12.2. The van der Waals surface area contributed by atoms with Crippen molar-refractivity contribution in [1.82, 2.24) is 15.2 Å². The molecule has 0 saturated carbocycles. The van der Waals surface area contributed by atoms with E-state index in [1.54, 1.807) is 13.2 Å². The number of H-pyrrole nitrogens is 1. The molecule has 122 valence electrons. The zero-order valence-electron chi connectivity index (χ0n) is 13.5. The van der Waals surface area contributed by atoms with Gasteiger partial charge in [-0.2, -0.15) is 0 Å². The number of amides is 1.